The van der Waals surface area contributed by atoms with Gasteiger partial charge in [-0.15, -0.1) is 0 Å². The second-order valence-electron chi connectivity index (χ2n) is 5.46. The van der Waals surface area contributed by atoms with Crippen LogP contribution in [-0.4, -0.2) is 12.6 Å². The maximum atomic E-state index is 6.22. The molecule has 1 heterocycles. The Labute approximate surface area is 134 Å². The van der Waals surface area contributed by atoms with Crippen molar-refractivity contribution < 1.29 is 4.74 Å². The molecule has 2 aromatic carbocycles. The zero-order valence-electron chi connectivity index (χ0n) is 12.2. The molecule has 3 heteroatoms. The third-order valence-corrected chi connectivity index (χ3v) is 4.39. The Bertz CT molecular complexity index is 599. The van der Waals surface area contributed by atoms with Crippen molar-refractivity contribution in [2.75, 3.05) is 6.54 Å². The van der Waals surface area contributed by atoms with Gasteiger partial charge in [0.2, 0.25) is 0 Å². The number of halogens is 1. The van der Waals surface area contributed by atoms with Gasteiger partial charge in [0, 0.05) is 28.9 Å². The van der Waals surface area contributed by atoms with Crippen LogP contribution >= 0.6 is 15.9 Å². The smallest absolute Gasteiger partial charge is 0.125 e. The topological polar surface area (TPSA) is 21.3 Å². The van der Waals surface area contributed by atoms with Gasteiger partial charge in [-0.2, -0.15) is 0 Å². The number of nitrogens with one attached hydrogen (secondary N) is 1. The molecule has 0 spiro atoms. The lowest BCUT2D eigenvalue weighted by Gasteiger charge is -2.33. The highest BCUT2D eigenvalue weighted by Gasteiger charge is 2.27. The zero-order valence-corrected chi connectivity index (χ0v) is 13.8. The molecule has 3 rings (SSSR count). The number of benzene rings is 2. The van der Waals surface area contributed by atoms with Crippen LogP contribution in [0.15, 0.2) is 53.0 Å². The Morgan fingerprint density at radius 3 is 2.76 bits per heavy atom. The molecule has 2 aromatic rings. The van der Waals surface area contributed by atoms with Gasteiger partial charge in [-0.25, -0.2) is 0 Å². The molecule has 0 bridgehead atoms. The third kappa shape index (κ3) is 3.47. The molecule has 21 heavy (non-hydrogen) atoms. The Hall–Kier alpha value is -1.32. The van der Waals surface area contributed by atoms with E-state index in [0.717, 1.165) is 29.6 Å². The summed E-state index contributed by atoms with van der Waals surface area (Å²) in [6, 6.07) is 17.3. The van der Waals surface area contributed by atoms with Gasteiger partial charge in [-0.05, 0) is 24.2 Å². The minimum absolute atomic E-state index is 0.221. The van der Waals surface area contributed by atoms with Crippen LogP contribution in [0, 0.1) is 0 Å². The fourth-order valence-electron chi connectivity index (χ4n) is 2.96. The minimum atomic E-state index is 0.221. The molecule has 0 radical (unpaired) electrons. The van der Waals surface area contributed by atoms with Crippen LogP contribution in [0.25, 0.3) is 0 Å². The van der Waals surface area contributed by atoms with E-state index in [1.165, 1.54) is 11.1 Å². The van der Waals surface area contributed by atoms with E-state index in [-0.39, 0.29) is 6.10 Å². The van der Waals surface area contributed by atoms with Gasteiger partial charge in [0.25, 0.3) is 0 Å². The first kappa shape index (κ1) is 14.6. The van der Waals surface area contributed by atoms with Crippen molar-refractivity contribution in [3.8, 4) is 5.75 Å². The van der Waals surface area contributed by atoms with E-state index in [1.807, 2.05) is 0 Å². The van der Waals surface area contributed by atoms with E-state index in [2.05, 4.69) is 76.7 Å². The zero-order chi connectivity index (χ0) is 14.7. The molecule has 1 aliphatic rings. The lowest BCUT2D eigenvalue weighted by molar-refractivity contribution is 0.150. The maximum absolute atomic E-state index is 6.22. The summed E-state index contributed by atoms with van der Waals surface area (Å²) in [6.07, 6.45) is 2.18. The minimum Gasteiger partial charge on any atom is -0.490 e. The normalized spacial score (nSPS) is 20.7. The largest absolute Gasteiger partial charge is 0.490 e. The van der Waals surface area contributed by atoms with Crippen LogP contribution in [0.3, 0.4) is 0 Å². The van der Waals surface area contributed by atoms with E-state index < -0.39 is 0 Å². The molecule has 2 atom stereocenters. The van der Waals surface area contributed by atoms with Crippen molar-refractivity contribution in [2.45, 2.75) is 31.9 Å². The monoisotopic (exact) mass is 345 g/mol. The predicted molar refractivity (Wildman–Crippen MR) is 89.7 cm³/mol. The SMILES string of the molecule is CCNC1CC(Cc2ccccc2)Oc2cc(Br)ccc21. The Morgan fingerprint density at radius 1 is 1.19 bits per heavy atom. The van der Waals surface area contributed by atoms with Crippen LogP contribution in [0.2, 0.25) is 0 Å². The summed E-state index contributed by atoms with van der Waals surface area (Å²) in [5, 5.41) is 3.58. The number of ether oxygens (including phenoxy) is 1. The molecule has 0 fully saturated rings. The summed E-state index contributed by atoms with van der Waals surface area (Å²) >= 11 is 3.54. The molecule has 0 amide bonds. The highest BCUT2D eigenvalue weighted by atomic mass is 79.9. The van der Waals surface area contributed by atoms with E-state index in [1.54, 1.807) is 0 Å². The van der Waals surface area contributed by atoms with Gasteiger partial charge in [-0.1, -0.05) is 59.3 Å². The summed E-state index contributed by atoms with van der Waals surface area (Å²) in [7, 11) is 0. The second-order valence-corrected chi connectivity index (χ2v) is 6.37. The molecular weight excluding hydrogens is 326 g/mol. The average Bonchev–Trinajstić information content (AvgIpc) is 2.48. The predicted octanol–water partition coefficient (Wildman–Crippen LogP) is 4.49. The second kappa shape index (κ2) is 6.63. The van der Waals surface area contributed by atoms with Crippen molar-refractivity contribution >= 4 is 15.9 Å². The fourth-order valence-corrected chi connectivity index (χ4v) is 3.30. The van der Waals surface area contributed by atoms with E-state index >= 15 is 0 Å². The average molecular weight is 346 g/mol. The summed E-state index contributed by atoms with van der Waals surface area (Å²) in [5.41, 5.74) is 2.60. The number of fused-ring (bicyclic) bond motifs is 1. The van der Waals surface area contributed by atoms with Crippen molar-refractivity contribution in [1.82, 2.24) is 5.32 Å². The lowest BCUT2D eigenvalue weighted by atomic mass is 9.93. The Balaban J connectivity index is 1.82. The molecule has 110 valence electrons. The van der Waals surface area contributed by atoms with Gasteiger partial charge in [-0.3, -0.25) is 0 Å². The van der Waals surface area contributed by atoms with Gasteiger partial charge < -0.3 is 10.1 Å². The summed E-state index contributed by atoms with van der Waals surface area (Å²) < 4.78 is 7.29. The van der Waals surface area contributed by atoms with Crippen molar-refractivity contribution in [3.63, 3.8) is 0 Å². The van der Waals surface area contributed by atoms with E-state index in [4.69, 9.17) is 4.74 Å². The van der Waals surface area contributed by atoms with Crippen LogP contribution in [0.1, 0.15) is 30.5 Å². The lowest BCUT2D eigenvalue weighted by Crippen LogP contribution is -2.34. The molecular formula is C18H20BrNO. The maximum Gasteiger partial charge on any atom is 0.125 e. The Morgan fingerprint density at radius 2 is 2.00 bits per heavy atom. The summed E-state index contributed by atoms with van der Waals surface area (Å²) in [4.78, 5) is 0. The summed E-state index contributed by atoms with van der Waals surface area (Å²) in [6.45, 7) is 3.12. The van der Waals surface area contributed by atoms with E-state index in [9.17, 15) is 0 Å². The van der Waals surface area contributed by atoms with Gasteiger partial charge in [0.1, 0.15) is 11.9 Å². The highest BCUT2D eigenvalue weighted by Crippen LogP contribution is 2.37. The molecule has 1 aliphatic heterocycles. The number of rotatable bonds is 4. The first-order chi connectivity index (χ1) is 10.3. The fraction of sp³-hybridized carbons (Fsp3) is 0.333. The van der Waals surface area contributed by atoms with Crippen molar-refractivity contribution in [3.05, 3.63) is 64.1 Å². The van der Waals surface area contributed by atoms with Crippen molar-refractivity contribution in [1.29, 1.82) is 0 Å². The summed E-state index contributed by atoms with van der Waals surface area (Å²) in [5.74, 6) is 1.00. The molecule has 0 aromatic heterocycles. The quantitative estimate of drug-likeness (QED) is 0.881. The molecule has 2 nitrogen and oxygen atoms in total. The molecule has 1 N–H and O–H groups in total. The van der Waals surface area contributed by atoms with Gasteiger partial charge >= 0.3 is 0 Å². The van der Waals surface area contributed by atoms with Crippen molar-refractivity contribution in [2.24, 2.45) is 0 Å². The van der Waals surface area contributed by atoms with Gasteiger partial charge in [0.15, 0.2) is 0 Å². The molecule has 2 unspecified atom stereocenters. The number of hydrogen-bond donors (Lipinski definition) is 1. The van der Waals surface area contributed by atoms with Gasteiger partial charge in [0.05, 0.1) is 0 Å². The molecule has 0 aliphatic carbocycles. The Kier molecular flexibility index (Phi) is 4.61. The highest BCUT2D eigenvalue weighted by molar-refractivity contribution is 9.10. The number of hydrogen-bond acceptors (Lipinski definition) is 2. The molecule has 0 saturated carbocycles. The van der Waals surface area contributed by atoms with E-state index in [0.29, 0.717) is 6.04 Å². The van der Waals surface area contributed by atoms with Crippen LogP contribution < -0.4 is 10.1 Å². The standard InChI is InChI=1S/C18H20BrNO/c1-2-20-17-12-15(10-13-6-4-3-5-7-13)21-18-11-14(19)8-9-16(17)18/h3-9,11,15,17,20H,2,10,12H2,1H3. The van der Waals surface area contributed by atoms with Crippen LogP contribution in [-0.2, 0) is 6.42 Å². The molecule has 0 saturated heterocycles. The third-order valence-electron chi connectivity index (χ3n) is 3.90. The first-order valence-corrected chi connectivity index (χ1v) is 8.29. The van der Waals surface area contributed by atoms with Crippen LogP contribution in [0.5, 0.6) is 5.75 Å². The van der Waals surface area contributed by atoms with Crippen LogP contribution in [0.4, 0.5) is 0 Å². The first-order valence-electron chi connectivity index (χ1n) is 7.49.